The van der Waals surface area contributed by atoms with Crippen LogP contribution in [0.5, 0.6) is 0 Å². The number of nitrogens with one attached hydrogen (secondary N) is 1. The first-order valence-electron chi connectivity index (χ1n) is 10.3. The van der Waals surface area contributed by atoms with E-state index in [0.29, 0.717) is 23.4 Å². The number of hydrogen-bond donors (Lipinski definition) is 1. The van der Waals surface area contributed by atoms with Gasteiger partial charge in [0.15, 0.2) is 5.82 Å². The molecule has 2 heterocycles. The predicted octanol–water partition coefficient (Wildman–Crippen LogP) is 3.23. The molecule has 1 aliphatic heterocycles. The highest BCUT2D eigenvalue weighted by Gasteiger charge is 2.33. The van der Waals surface area contributed by atoms with Crippen LogP contribution in [0, 0.1) is 6.92 Å². The molecule has 1 aliphatic rings. The number of ether oxygens (including phenoxy) is 1. The third-order valence-electron chi connectivity index (χ3n) is 5.27. The van der Waals surface area contributed by atoms with Crippen LogP contribution >= 0.6 is 0 Å². The topological polar surface area (TPSA) is 119 Å². The van der Waals surface area contributed by atoms with Crippen molar-refractivity contribution in [1.29, 1.82) is 0 Å². The van der Waals surface area contributed by atoms with E-state index in [1.54, 1.807) is 62.4 Å². The van der Waals surface area contributed by atoms with Crippen LogP contribution in [-0.2, 0) is 26.0 Å². The molecule has 0 radical (unpaired) electrons. The average Bonchev–Trinajstić information content (AvgIpc) is 3.32. The Kier molecular flexibility index (Phi) is 5.94. The molecule has 2 atom stereocenters. The van der Waals surface area contributed by atoms with E-state index in [9.17, 15) is 18.0 Å². The third-order valence-corrected chi connectivity index (χ3v) is 6.54. The molecular formula is C23H23N3O6S. The molecule has 1 aromatic heterocycles. The molecule has 4 rings (SSSR count). The number of aromatic nitrogens is 1. The number of anilines is 2. The summed E-state index contributed by atoms with van der Waals surface area (Å²) in [6.07, 6.45) is 0.396. The first-order chi connectivity index (χ1) is 15.6. The van der Waals surface area contributed by atoms with Gasteiger partial charge in [0, 0.05) is 17.7 Å². The second-order valence-corrected chi connectivity index (χ2v) is 9.82. The zero-order valence-corrected chi connectivity index (χ0v) is 19.1. The molecule has 3 aromatic rings. The molecule has 33 heavy (non-hydrogen) atoms. The number of hydrogen-bond acceptors (Lipinski definition) is 7. The minimum atomic E-state index is -3.44. The number of fused-ring (bicyclic) bond motifs is 1. The number of benzene rings is 2. The summed E-state index contributed by atoms with van der Waals surface area (Å²) in [7, 11) is -3.44. The fourth-order valence-corrected chi connectivity index (χ4v) is 5.19. The van der Waals surface area contributed by atoms with Gasteiger partial charge in [-0.25, -0.2) is 13.2 Å². The zero-order valence-electron chi connectivity index (χ0n) is 18.3. The Bertz CT molecular complexity index is 1300. The maximum Gasteiger partial charge on any atom is 0.339 e. The maximum absolute atomic E-state index is 13.0. The van der Waals surface area contributed by atoms with E-state index in [0.717, 1.165) is 11.8 Å². The summed E-state index contributed by atoms with van der Waals surface area (Å²) in [4.78, 5) is 25.9. The van der Waals surface area contributed by atoms with E-state index >= 15 is 0 Å². The van der Waals surface area contributed by atoms with E-state index in [1.807, 2.05) is 0 Å². The van der Waals surface area contributed by atoms with Crippen LogP contribution in [0.3, 0.4) is 0 Å². The van der Waals surface area contributed by atoms with Gasteiger partial charge < -0.3 is 14.6 Å². The Morgan fingerprint density at radius 2 is 1.91 bits per heavy atom. The summed E-state index contributed by atoms with van der Waals surface area (Å²) in [5, 5.41) is 6.33. The number of amides is 1. The van der Waals surface area contributed by atoms with Crippen molar-refractivity contribution in [2.45, 2.75) is 32.4 Å². The highest BCUT2D eigenvalue weighted by molar-refractivity contribution is 7.92. The van der Waals surface area contributed by atoms with Crippen LogP contribution in [0.15, 0.2) is 59.1 Å². The SMILES string of the molecule is Cc1cc(NC(=O)[C@H](OC(=O)c2ccc3c(c2)C[C@H](C)N3S(C)(=O)=O)c2ccccc2)no1. The largest absolute Gasteiger partial charge is 0.444 e. The molecule has 0 unspecified atom stereocenters. The lowest BCUT2D eigenvalue weighted by Crippen LogP contribution is -2.34. The Labute approximate surface area is 191 Å². The summed E-state index contributed by atoms with van der Waals surface area (Å²) < 4.78 is 36.2. The molecule has 0 saturated carbocycles. The maximum atomic E-state index is 13.0. The lowest BCUT2D eigenvalue weighted by molar-refractivity contribution is -0.125. The van der Waals surface area contributed by atoms with E-state index in [4.69, 9.17) is 9.26 Å². The first kappa shape index (κ1) is 22.5. The Hall–Kier alpha value is -3.66. The van der Waals surface area contributed by atoms with Gasteiger partial charge in [-0.2, -0.15) is 0 Å². The standard InChI is InChI=1S/C23H23N3O6S/c1-14-11-18-13-17(9-10-19(18)26(14)33(3,29)30)23(28)31-21(16-7-5-4-6-8-16)22(27)24-20-12-15(2)32-25-20/h4-10,12-14,21H,11H2,1-3H3,(H,24,25,27)/t14-,21+/m0/s1. The summed E-state index contributed by atoms with van der Waals surface area (Å²) in [6.45, 7) is 3.50. The number of nitrogens with zero attached hydrogens (tertiary/aromatic N) is 2. The van der Waals surface area contributed by atoms with Gasteiger partial charge in [0.05, 0.1) is 17.5 Å². The predicted molar refractivity (Wildman–Crippen MR) is 121 cm³/mol. The molecule has 0 saturated heterocycles. The molecule has 172 valence electrons. The Morgan fingerprint density at radius 1 is 1.18 bits per heavy atom. The lowest BCUT2D eigenvalue weighted by atomic mass is 10.1. The third kappa shape index (κ3) is 4.75. The minimum Gasteiger partial charge on any atom is -0.444 e. The fourth-order valence-electron chi connectivity index (χ4n) is 3.93. The van der Waals surface area contributed by atoms with Crippen molar-refractivity contribution in [2.75, 3.05) is 15.9 Å². The van der Waals surface area contributed by atoms with E-state index in [-0.39, 0.29) is 17.4 Å². The molecule has 1 N–H and O–H groups in total. The van der Waals surface area contributed by atoms with E-state index in [2.05, 4.69) is 10.5 Å². The van der Waals surface area contributed by atoms with Gasteiger partial charge >= 0.3 is 5.97 Å². The highest BCUT2D eigenvalue weighted by Crippen LogP contribution is 2.35. The molecule has 9 nitrogen and oxygen atoms in total. The highest BCUT2D eigenvalue weighted by atomic mass is 32.2. The second-order valence-electron chi connectivity index (χ2n) is 7.96. The number of esters is 1. The van der Waals surface area contributed by atoms with Crippen molar-refractivity contribution < 1.29 is 27.3 Å². The van der Waals surface area contributed by atoms with Crippen molar-refractivity contribution in [3.63, 3.8) is 0 Å². The van der Waals surface area contributed by atoms with E-state index < -0.39 is 28.0 Å². The number of rotatable bonds is 6. The number of carbonyl (C=O) groups is 2. The number of sulfonamides is 1. The van der Waals surface area contributed by atoms with E-state index in [1.165, 1.54) is 10.4 Å². The Balaban J connectivity index is 1.59. The average molecular weight is 470 g/mol. The van der Waals surface area contributed by atoms with Crippen LogP contribution in [0.2, 0.25) is 0 Å². The summed E-state index contributed by atoms with van der Waals surface area (Å²) >= 11 is 0. The van der Waals surface area contributed by atoms with Crippen LogP contribution in [-0.4, -0.2) is 37.7 Å². The molecule has 10 heteroatoms. The molecule has 0 fully saturated rings. The van der Waals surface area contributed by atoms with Crippen LogP contribution in [0.25, 0.3) is 0 Å². The quantitative estimate of drug-likeness (QED) is 0.551. The van der Waals surface area contributed by atoms with Gasteiger partial charge in [0.25, 0.3) is 5.91 Å². The van der Waals surface area contributed by atoms with Gasteiger partial charge in [-0.05, 0) is 44.0 Å². The molecule has 1 amide bonds. The van der Waals surface area contributed by atoms with Gasteiger partial charge in [-0.3, -0.25) is 9.10 Å². The minimum absolute atomic E-state index is 0.210. The summed E-state index contributed by atoms with van der Waals surface area (Å²) in [6, 6.07) is 14.6. The summed E-state index contributed by atoms with van der Waals surface area (Å²) in [5.74, 6) is -0.555. The number of aryl methyl sites for hydroxylation is 1. The molecule has 2 aromatic carbocycles. The van der Waals surface area contributed by atoms with Gasteiger partial charge in [0.1, 0.15) is 5.76 Å². The van der Waals surface area contributed by atoms with Crippen molar-refractivity contribution in [3.05, 3.63) is 77.0 Å². The normalized spacial score (nSPS) is 16.2. The van der Waals surface area contributed by atoms with Crippen LogP contribution in [0.1, 0.15) is 40.3 Å². The first-order valence-corrected chi connectivity index (χ1v) is 12.1. The van der Waals surface area contributed by atoms with Gasteiger partial charge in [0.2, 0.25) is 16.1 Å². The molecule has 0 aliphatic carbocycles. The van der Waals surface area contributed by atoms with Gasteiger partial charge in [-0.15, -0.1) is 0 Å². The summed E-state index contributed by atoms with van der Waals surface area (Å²) in [5.41, 5.74) is 1.98. The molecular weight excluding hydrogens is 446 g/mol. The second kappa shape index (κ2) is 8.70. The van der Waals surface area contributed by atoms with Crippen LogP contribution in [0.4, 0.5) is 11.5 Å². The van der Waals surface area contributed by atoms with Crippen molar-refractivity contribution in [3.8, 4) is 0 Å². The molecule has 0 spiro atoms. The van der Waals surface area contributed by atoms with Crippen molar-refractivity contribution in [1.82, 2.24) is 5.16 Å². The zero-order chi connectivity index (χ0) is 23.8. The number of carbonyl (C=O) groups excluding carboxylic acids is 2. The smallest absolute Gasteiger partial charge is 0.339 e. The van der Waals surface area contributed by atoms with Crippen molar-refractivity contribution in [2.24, 2.45) is 0 Å². The lowest BCUT2D eigenvalue weighted by Gasteiger charge is -2.22. The van der Waals surface area contributed by atoms with Gasteiger partial charge in [-0.1, -0.05) is 35.5 Å². The fraction of sp³-hybridized carbons (Fsp3) is 0.261. The molecule has 0 bridgehead atoms. The van der Waals surface area contributed by atoms with Crippen molar-refractivity contribution >= 4 is 33.4 Å². The Morgan fingerprint density at radius 3 is 2.55 bits per heavy atom. The van der Waals surface area contributed by atoms with Crippen LogP contribution < -0.4 is 9.62 Å². The monoisotopic (exact) mass is 469 g/mol.